The van der Waals surface area contributed by atoms with E-state index in [1.54, 1.807) is 20.8 Å². The zero-order chi connectivity index (χ0) is 12.3. The average molecular weight is 231 g/mol. The Balaban J connectivity index is 2.59. The summed E-state index contributed by atoms with van der Waals surface area (Å²) in [6, 6.07) is 0. The highest BCUT2D eigenvalue weighted by molar-refractivity contribution is 5.48. The summed E-state index contributed by atoms with van der Waals surface area (Å²) in [5.74, 6) is -0.250. The number of alkyl halides is 3. The standard InChI is InChI=1S/C12H16F3N/c1-6(2)7-4-9(16)8-5-11(8,3)10(7)12(13,14)15/h4,6,8H,5,16H2,1-3H3. The molecule has 0 aromatic rings. The molecule has 2 N–H and O–H groups in total. The van der Waals surface area contributed by atoms with Gasteiger partial charge in [-0.2, -0.15) is 13.2 Å². The van der Waals surface area contributed by atoms with Crippen LogP contribution in [0.15, 0.2) is 22.9 Å². The number of fused-ring (bicyclic) bond motifs is 1. The number of rotatable bonds is 1. The van der Waals surface area contributed by atoms with Crippen molar-refractivity contribution >= 4 is 0 Å². The van der Waals surface area contributed by atoms with Crippen LogP contribution in [-0.2, 0) is 0 Å². The molecule has 2 aliphatic carbocycles. The molecule has 0 saturated heterocycles. The first kappa shape index (κ1) is 11.6. The van der Waals surface area contributed by atoms with Crippen molar-refractivity contribution in [3.63, 3.8) is 0 Å². The van der Waals surface area contributed by atoms with Gasteiger partial charge < -0.3 is 5.73 Å². The van der Waals surface area contributed by atoms with Gasteiger partial charge in [-0.25, -0.2) is 0 Å². The van der Waals surface area contributed by atoms with E-state index in [2.05, 4.69) is 0 Å². The van der Waals surface area contributed by atoms with E-state index < -0.39 is 11.6 Å². The van der Waals surface area contributed by atoms with E-state index in [0.717, 1.165) is 0 Å². The zero-order valence-electron chi connectivity index (χ0n) is 9.65. The Morgan fingerprint density at radius 1 is 1.44 bits per heavy atom. The van der Waals surface area contributed by atoms with E-state index in [9.17, 15) is 13.2 Å². The van der Waals surface area contributed by atoms with Crippen LogP contribution in [0.4, 0.5) is 13.2 Å². The first-order chi connectivity index (χ1) is 7.18. The second kappa shape index (κ2) is 3.05. The molecule has 0 aromatic carbocycles. The van der Waals surface area contributed by atoms with Gasteiger partial charge in [0.05, 0.1) is 0 Å². The van der Waals surface area contributed by atoms with Gasteiger partial charge in [0.25, 0.3) is 0 Å². The first-order valence-corrected chi connectivity index (χ1v) is 5.47. The smallest absolute Gasteiger partial charge is 0.402 e. The molecule has 0 amide bonds. The van der Waals surface area contributed by atoms with Crippen molar-refractivity contribution in [2.75, 3.05) is 0 Å². The SMILES string of the molecule is CC(C)C1=C(C(F)(F)F)C2(C)CC2C(N)=C1. The summed E-state index contributed by atoms with van der Waals surface area (Å²) in [5, 5.41) is 0. The van der Waals surface area contributed by atoms with Crippen molar-refractivity contribution in [3.05, 3.63) is 22.9 Å². The predicted octanol–water partition coefficient (Wildman–Crippen LogP) is 3.38. The molecule has 4 heteroatoms. The van der Waals surface area contributed by atoms with E-state index in [-0.39, 0.29) is 17.4 Å². The van der Waals surface area contributed by atoms with E-state index in [0.29, 0.717) is 17.7 Å². The molecule has 0 bridgehead atoms. The molecule has 0 aliphatic heterocycles. The Morgan fingerprint density at radius 3 is 2.44 bits per heavy atom. The highest BCUT2D eigenvalue weighted by Gasteiger charge is 2.63. The van der Waals surface area contributed by atoms with Gasteiger partial charge in [-0.3, -0.25) is 0 Å². The molecular formula is C12H16F3N. The Hall–Kier alpha value is -0.930. The van der Waals surface area contributed by atoms with Crippen LogP contribution in [-0.4, -0.2) is 6.18 Å². The summed E-state index contributed by atoms with van der Waals surface area (Å²) in [6.07, 6.45) is -2.17. The summed E-state index contributed by atoms with van der Waals surface area (Å²) >= 11 is 0. The molecule has 0 radical (unpaired) electrons. The first-order valence-electron chi connectivity index (χ1n) is 5.47. The lowest BCUT2D eigenvalue weighted by molar-refractivity contribution is -0.102. The Morgan fingerprint density at radius 2 is 2.00 bits per heavy atom. The van der Waals surface area contributed by atoms with Gasteiger partial charge in [-0.15, -0.1) is 0 Å². The van der Waals surface area contributed by atoms with Crippen LogP contribution in [0.3, 0.4) is 0 Å². The molecule has 1 nitrogen and oxygen atoms in total. The monoisotopic (exact) mass is 231 g/mol. The molecule has 1 saturated carbocycles. The van der Waals surface area contributed by atoms with E-state index >= 15 is 0 Å². The van der Waals surface area contributed by atoms with Gasteiger partial charge >= 0.3 is 6.18 Å². The maximum atomic E-state index is 13.1. The third-order valence-corrected chi connectivity index (χ3v) is 3.73. The number of hydrogen-bond donors (Lipinski definition) is 1. The van der Waals surface area contributed by atoms with Crippen molar-refractivity contribution in [2.24, 2.45) is 23.0 Å². The Kier molecular flexibility index (Phi) is 2.20. The minimum atomic E-state index is -4.24. The summed E-state index contributed by atoms with van der Waals surface area (Å²) in [5.41, 5.74) is 5.65. The average Bonchev–Trinajstić information content (AvgIpc) is 2.75. The maximum Gasteiger partial charge on any atom is 0.413 e. The molecule has 2 unspecified atom stereocenters. The fourth-order valence-corrected chi connectivity index (χ4v) is 2.75. The van der Waals surface area contributed by atoms with Crippen LogP contribution in [0.5, 0.6) is 0 Å². The molecular weight excluding hydrogens is 215 g/mol. The molecule has 1 fully saturated rings. The van der Waals surface area contributed by atoms with Crippen LogP contribution < -0.4 is 5.73 Å². The maximum absolute atomic E-state index is 13.1. The van der Waals surface area contributed by atoms with Gasteiger partial charge in [0.2, 0.25) is 0 Å². The Bertz CT molecular complexity index is 390. The van der Waals surface area contributed by atoms with Crippen LogP contribution in [0.2, 0.25) is 0 Å². The van der Waals surface area contributed by atoms with Gasteiger partial charge in [0.15, 0.2) is 0 Å². The molecule has 16 heavy (non-hydrogen) atoms. The third-order valence-electron chi connectivity index (χ3n) is 3.73. The fourth-order valence-electron chi connectivity index (χ4n) is 2.75. The summed E-state index contributed by atoms with van der Waals surface area (Å²) in [6.45, 7) is 5.22. The topological polar surface area (TPSA) is 26.0 Å². The highest BCUT2D eigenvalue weighted by atomic mass is 19.4. The van der Waals surface area contributed by atoms with E-state index in [1.807, 2.05) is 0 Å². The summed E-state index contributed by atoms with van der Waals surface area (Å²) < 4.78 is 39.2. The minimum Gasteiger partial charge on any atom is -0.402 e. The largest absolute Gasteiger partial charge is 0.413 e. The second-order valence-corrected chi connectivity index (χ2v) is 5.30. The van der Waals surface area contributed by atoms with Gasteiger partial charge in [0, 0.05) is 22.6 Å². The van der Waals surface area contributed by atoms with Crippen molar-refractivity contribution in [1.82, 2.24) is 0 Å². The molecule has 2 rings (SSSR count). The van der Waals surface area contributed by atoms with Gasteiger partial charge in [-0.05, 0) is 24.0 Å². The van der Waals surface area contributed by atoms with Gasteiger partial charge in [-0.1, -0.05) is 20.8 Å². The molecule has 0 spiro atoms. The molecule has 0 aromatic heterocycles. The van der Waals surface area contributed by atoms with Crippen LogP contribution in [0, 0.1) is 17.3 Å². The number of halogens is 3. The van der Waals surface area contributed by atoms with Crippen LogP contribution in [0.25, 0.3) is 0 Å². The lowest BCUT2D eigenvalue weighted by Crippen LogP contribution is -2.27. The van der Waals surface area contributed by atoms with Gasteiger partial charge in [0.1, 0.15) is 0 Å². The Labute approximate surface area is 93.2 Å². The molecule has 2 aliphatic rings. The molecule has 0 heterocycles. The zero-order valence-corrected chi connectivity index (χ0v) is 9.65. The normalized spacial score (nSPS) is 33.9. The molecule has 2 atom stereocenters. The van der Waals surface area contributed by atoms with Crippen molar-refractivity contribution < 1.29 is 13.2 Å². The van der Waals surface area contributed by atoms with Crippen molar-refractivity contribution in [2.45, 2.75) is 33.4 Å². The summed E-state index contributed by atoms with van der Waals surface area (Å²) in [7, 11) is 0. The third kappa shape index (κ3) is 1.46. The summed E-state index contributed by atoms with van der Waals surface area (Å²) in [4.78, 5) is 0. The number of nitrogens with two attached hydrogens (primary N) is 1. The second-order valence-electron chi connectivity index (χ2n) is 5.30. The van der Waals surface area contributed by atoms with Crippen molar-refractivity contribution in [1.29, 1.82) is 0 Å². The highest BCUT2D eigenvalue weighted by Crippen LogP contribution is 2.66. The van der Waals surface area contributed by atoms with E-state index in [1.165, 1.54) is 6.08 Å². The number of hydrogen-bond acceptors (Lipinski definition) is 1. The minimum absolute atomic E-state index is 0.105. The lowest BCUT2D eigenvalue weighted by Gasteiger charge is -2.28. The number of allylic oxidation sites excluding steroid dienone is 4. The predicted molar refractivity (Wildman–Crippen MR) is 56.4 cm³/mol. The van der Waals surface area contributed by atoms with E-state index in [4.69, 9.17) is 5.73 Å². The quantitative estimate of drug-likeness (QED) is 0.735. The molecule has 90 valence electrons. The fraction of sp³-hybridized carbons (Fsp3) is 0.667. The van der Waals surface area contributed by atoms with Crippen LogP contribution in [0.1, 0.15) is 27.2 Å². The van der Waals surface area contributed by atoms with Crippen LogP contribution >= 0.6 is 0 Å². The van der Waals surface area contributed by atoms with Crippen molar-refractivity contribution in [3.8, 4) is 0 Å². The lowest BCUT2D eigenvalue weighted by atomic mass is 9.81.